The Morgan fingerprint density at radius 1 is 1.30 bits per heavy atom. The van der Waals surface area contributed by atoms with E-state index in [9.17, 15) is 4.79 Å². The molecule has 0 saturated carbocycles. The molecule has 0 aliphatic rings. The van der Waals surface area contributed by atoms with Crippen molar-refractivity contribution in [3.63, 3.8) is 0 Å². The molecule has 1 aromatic heterocycles. The predicted molar refractivity (Wildman–Crippen MR) is 91.6 cm³/mol. The van der Waals surface area contributed by atoms with E-state index < -0.39 is 11.7 Å². The van der Waals surface area contributed by atoms with Crippen LogP contribution in [0, 0.1) is 6.92 Å². The average Bonchev–Trinajstić information content (AvgIpc) is 2.84. The van der Waals surface area contributed by atoms with Gasteiger partial charge in [0.15, 0.2) is 0 Å². The number of aromatic nitrogens is 2. The monoisotopic (exact) mass is 313 g/mol. The van der Waals surface area contributed by atoms with Crippen LogP contribution in [0.3, 0.4) is 0 Å². The maximum absolute atomic E-state index is 11.5. The Bertz CT molecular complexity index is 682. The smallest absolute Gasteiger partial charge is 0.407 e. The van der Waals surface area contributed by atoms with Crippen molar-refractivity contribution in [2.45, 2.75) is 33.3 Å². The molecule has 1 amide bonds. The van der Waals surface area contributed by atoms with Crippen molar-refractivity contribution >= 4 is 12.2 Å². The zero-order chi connectivity index (χ0) is 16.9. The van der Waals surface area contributed by atoms with Crippen molar-refractivity contribution in [2.24, 2.45) is 0 Å². The van der Waals surface area contributed by atoms with Gasteiger partial charge in [-0.1, -0.05) is 30.4 Å². The van der Waals surface area contributed by atoms with Crippen molar-refractivity contribution in [2.75, 3.05) is 6.54 Å². The fourth-order valence-electron chi connectivity index (χ4n) is 1.99. The minimum Gasteiger partial charge on any atom is -0.444 e. The Kier molecular flexibility index (Phi) is 5.21. The molecule has 5 heteroatoms. The molecular weight excluding hydrogens is 290 g/mol. The van der Waals surface area contributed by atoms with Gasteiger partial charge in [-0.2, -0.15) is 5.10 Å². The largest absolute Gasteiger partial charge is 0.444 e. The van der Waals surface area contributed by atoms with E-state index in [0.717, 1.165) is 16.9 Å². The minimum atomic E-state index is -0.485. The van der Waals surface area contributed by atoms with E-state index in [0.29, 0.717) is 6.54 Å². The van der Waals surface area contributed by atoms with E-state index >= 15 is 0 Å². The number of benzene rings is 1. The highest BCUT2D eigenvalue weighted by atomic mass is 16.6. The quantitative estimate of drug-likeness (QED) is 0.936. The molecule has 0 saturated heterocycles. The summed E-state index contributed by atoms with van der Waals surface area (Å²) in [5, 5.41) is 7.19. The average molecular weight is 313 g/mol. The van der Waals surface area contributed by atoms with Gasteiger partial charge in [0, 0.05) is 18.3 Å². The Morgan fingerprint density at radius 3 is 2.65 bits per heavy atom. The fourth-order valence-corrected chi connectivity index (χ4v) is 1.99. The SMILES string of the molecule is Cc1nn(-c2ccccc2)cc1C=CCNC(=O)OC(C)(C)C. The Labute approximate surface area is 137 Å². The van der Waals surface area contributed by atoms with Gasteiger partial charge in [-0.15, -0.1) is 0 Å². The topological polar surface area (TPSA) is 56.2 Å². The summed E-state index contributed by atoms with van der Waals surface area (Å²) in [6.07, 6.45) is 5.37. The molecule has 23 heavy (non-hydrogen) atoms. The van der Waals surface area contributed by atoms with Crippen molar-refractivity contribution in [1.82, 2.24) is 15.1 Å². The molecule has 0 unspecified atom stereocenters. The number of amides is 1. The summed E-state index contributed by atoms with van der Waals surface area (Å²) in [5.74, 6) is 0. The number of carbonyl (C=O) groups is 1. The van der Waals surface area contributed by atoms with E-state index in [-0.39, 0.29) is 0 Å². The van der Waals surface area contributed by atoms with Gasteiger partial charge in [-0.25, -0.2) is 9.48 Å². The van der Waals surface area contributed by atoms with Crippen LogP contribution >= 0.6 is 0 Å². The molecule has 2 rings (SSSR count). The Hall–Kier alpha value is -2.56. The van der Waals surface area contributed by atoms with Crippen LogP contribution in [-0.4, -0.2) is 28.0 Å². The third kappa shape index (κ3) is 5.29. The maximum atomic E-state index is 11.5. The first-order chi connectivity index (χ1) is 10.8. The number of nitrogens with one attached hydrogen (secondary N) is 1. The molecule has 1 aromatic carbocycles. The molecular formula is C18H23N3O2. The number of para-hydroxylation sites is 1. The lowest BCUT2D eigenvalue weighted by atomic mass is 10.2. The molecule has 122 valence electrons. The first kappa shape index (κ1) is 16.8. The van der Waals surface area contributed by atoms with E-state index in [1.165, 1.54) is 0 Å². The van der Waals surface area contributed by atoms with E-state index in [1.807, 2.05) is 81.1 Å². The predicted octanol–water partition coefficient (Wildman–Crippen LogP) is 3.72. The van der Waals surface area contributed by atoms with E-state index in [2.05, 4.69) is 10.4 Å². The number of carbonyl (C=O) groups excluding carboxylic acids is 1. The van der Waals surface area contributed by atoms with Crippen molar-refractivity contribution < 1.29 is 9.53 Å². The minimum absolute atomic E-state index is 0.408. The highest BCUT2D eigenvalue weighted by Crippen LogP contribution is 2.13. The van der Waals surface area contributed by atoms with Crippen molar-refractivity contribution in [1.29, 1.82) is 0 Å². The number of hydrogen-bond acceptors (Lipinski definition) is 3. The van der Waals surface area contributed by atoms with Gasteiger partial charge in [0.25, 0.3) is 0 Å². The second kappa shape index (κ2) is 7.13. The number of hydrogen-bond donors (Lipinski definition) is 1. The molecule has 1 N–H and O–H groups in total. The molecule has 0 fully saturated rings. The molecule has 0 spiro atoms. The normalized spacial score (nSPS) is 11.7. The first-order valence-electron chi connectivity index (χ1n) is 7.60. The Balaban J connectivity index is 1.93. The maximum Gasteiger partial charge on any atom is 0.407 e. The van der Waals surface area contributed by atoms with Crippen LogP contribution in [0.1, 0.15) is 32.0 Å². The lowest BCUT2D eigenvalue weighted by Crippen LogP contribution is -2.32. The highest BCUT2D eigenvalue weighted by Gasteiger charge is 2.15. The number of rotatable bonds is 4. The second-order valence-electron chi connectivity index (χ2n) is 6.24. The molecule has 0 bridgehead atoms. The summed E-state index contributed by atoms with van der Waals surface area (Å²) in [6.45, 7) is 7.88. The second-order valence-corrected chi connectivity index (χ2v) is 6.24. The standard InChI is InChI=1S/C18H23N3O2/c1-14-15(9-8-12-19-17(22)23-18(2,3)4)13-21(20-14)16-10-6-5-7-11-16/h5-11,13H,12H2,1-4H3,(H,19,22). The van der Waals surface area contributed by atoms with Crippen LogP contribution in [0.2, 0.25) is 0 Å². The van der Waals surface area contributed by atoms with Crippen molar-refractivity contribution in [3.05, 3.63) is 53.9 Å². The summed E-state index contributed by atoms with van der Waals surface area (Å²) in [7, 11) is 0. The van der Waals surface area contributed by atoms with E-state index in [4.69, 9.17) is 4.74 Å². The van der Waals surface area contributed by atoms with Crippen LogP contribution in [0.5, 0.6) is 0 Å². The van der Waals surface area contributed by atoms with Crippen LogP contribution < -0.4 is 5.32 Å². The van der Waals surface area contributed by atoms with Crippen LogP contribution in [0.4, 0.5) is 4.79 Å². The van der Waals surface area contributed by atoms with E-state index in [1.54, 1.807) is 0 Å². The lowest BCUT2D eigenvalue weighted by Gasteiger charge is -2.19. The summed E-state index contributed by atoms with van der Waals surface area (Å²) < 4.78 is 7.02. The number of ether oxygens (including phenoxy) is 1. The van der Waals surface area contributed by atoms with Gasteiger partial charge >= 0.3 is 6.09 Å². The molecule has 5 nitrogen and oxygen atoms in total. The number of nitrogens with zero attached hydrogens (tertiary/aromatic N) is 2. The molecule has 0 atom stereocenters. The van der Waals surface area contributed by atoms with Gasteiger partial charge in [-0.05, 0) is 39.8 Å². The third-order valence-corrected chi connectivity index (χ3v) is 3.02. The molecule has 0 radical (unpaired) electrons. The van der Waals surface area contributed by atoms with Gasteiger partial charge in [0.05, 0.1) is 11.4 Å². The summed E-state index contributed by atoms with van der Waals surface area (Å²) >= 11 is 0. The van der Waals surface area contributed by atoms with Gasteiger partial charge in [0.1, 0.15) is 5.60 Å². The Morgan fingerprint density at radius 2 is 2.00 bits per heavy atom. The van der Waals surface area contributed by atoms with Crippen molar-refractivity contribution in [3.8, 4) is 5.69 Å². The number of aryl methyl sites for hydroxylation is 1. The van der Waals surface area contributed by atoms with Crippen LogP contribution in [0.25, 0.3) is 11.8 Å². The lowest BCUT2D eigenvalue weighted by molar-refractivity contribution is 0.0534. The fraction of sp³-hybridized carbons (Fsp3) is 0.333. The summed E-state index contributed by atoms with van der Waals surface area (Å²) in [6, 6.07) is 9.94. The molecule has 1 heterocycles. The van der Waals surface area contributed by atoms with Gasteiger partial charge in [0.2, 0.25) is 0 Å². The third-order valence-electron chi connectivity index (χ3n) is 3.02. The molecule has 0 aliphatic carbocycles. The summed E-state index contributed by atoms with van der Waals surface area (Å²) in [5.41, 5.74) is 2.48. The molecule has 0 aliphatic heterocycles. The first-order valence-corrected chi connectivity index (χ1v) is 7.60. The highest BCUT2D eigenvalue weighted by molar-refractivity contribution is 5.68. The van der Waals surface area contributed by atoms with Gasteiger partial charge in [-0.3, -0.25) is 0 Å². The van der Waals surface area contributed by atoms with Crippen LogP contribution in [0.15, 0.2) is 42.6 Å². The zero-order valence-electron chi connectivity index (χ0n) is 14.0. The molecule has 2 aromatic rings. The van der Waals surface area contributed by atoms with Crippen LogP contribution in [-0.2, 0) is 4.74 Å². The van der Waals surface area contributed by atoms with Gasteiger partial charge < -0.3 is 10.1 Å². The number of alkyl carbamates (subject to hydrolysis) is 1. The zero-order valence-corrected chi connectivity index (χ0v) is 14.0. The summed E-state index contributed by atoms with van der Waals surface area (Å²) in [4.78, 5) is 11.5.